The minimum absolute atomic E-state index is 0.0812. The van der Waals surface area contributed by atoms with E-state index in [1.165, 1.54) is 6.92 Å². The molecule has 2 amide bonds. The van der Waals surface area contributed by atoms with Gasteiger partial charge in [-0.2, -0.15) is 0 Å². The lowest BCUT2D eigenvalue weighted by molar-refractivity contribution is -0.148. The van der Waals surface area contributed by atoms with Crippen molar-refractivity contribution in [2.75, 3.05) is 11.9 Å². The van der Waals surface area contributed by atoms with Gasteiger partial charge >= 0.3 is 5.97 Å². The Labute approximate surface area is 162 Å². The first-order valence-corrected chi connectivity index (χ1v) is 8.76. The third-order valence-electron chi connectivity index (χ3n) is 3.71. The van der Waals surface area contributed by atoms with Crippen LogP contribution in [0, 0.1) is 6.92 Å². The monoisotopic (exact) mass is 388 g/mol. The lowest BCUT2D eigenvalue weighted by atomic mass is 10.0. The number of esters is 1. The minimum atomic E-state index is -0.595. The zero-order chi connectivity index (χ0) is 19.8. The standard InChI is InChI=1S/C20H21ClN2O4/c1-13-8-9-17(16(21)10-13)23-19(25)12-27-20(26)11-18(22-14(2)24)15-6-4-3-5-7-15/h3-10,18H,11-12H2,1-2H3,(H,22,24)(H,23,25)/t18-/m0/s1. The van der Waals surface area contributed by atoms with E-state index >= 15 is 0 Å². The van der Waals surface area contributed by atoms with Gasteiger partial charge in [-0.05, 0) is 30.2 Å². The fourth-order valence-corrected chi connectivity index (χ4v) is 2.74. The summed E-state index contributed by atoms with van der Waals surface area (Å²) in [5.74, 6) is -1.35. The van der Waals surface area contributed by atoms with E-state index in [-0.39, 0.29) is 12.3 Å². The molecule has 0 saturated heterocycles. The first kappa shape index (κ1) is 20.5. The molecule has 0 aliphatic carbocycles. The summed E-state index contributed by atoms with van der Waals surface area (Å²) >= 11 is 6.06. The second-order valence-corrected chi connectivity index (χ2v) is 6.47. The molecule has 0 heterocycles. The smallest absolute Gasteiger partial charge is 0.308 e. The van der Waals surface area contributed by atoms with Crippen LogP contribution >= 0.6 is 11.6 Å². The second kappa shape index (κ2) is 9.73. The molecule has 0 saturated carbocycles. The summed E-state index contributed by atoms with van der Waals surface area (Å²) in [7, 11) is 0. The molecular weight excluding hydrogens is 368 g/mol. The Morgan fingerprint density at radius 3 is 2.44 bits per heavy atom. The van der Waals surface area contributed by atoms with Gasteiger partial charge in [0.1, 0.15) is 0 Å². The summed E-state index contributed by atoms with van der Waals surface area (Å²) in [5.41, 5.74) is 2.19. The van der Waals surface area contributed by atoms with Gasteiger partial charge in [0, 0.05) is 6.92 Å². The number of rotatable bonds is 7. The van der Waals surface area contributed by atoms with Crippen molar-refractivity contribution in [3.05, 3.63) is 64.7 Å². The zero-order valence-electron chi connectivity index (χ0n) is 15.1. The van der Waals surface area contributed by atoms with E-state index in [0.29, 0.717) is 10.7 Å². The first-order chi connectivity index (χ1) is 12.8. The quantitative estimate of drug-likeness (QED) is 0.712. The Morgan fingerprint density at radius 1 is 1.11 bits per heavy atom. The highest BCUT2D eigenvalue weighted by atomic mass is 35.5. The van der Waals surface area contributed by atoms with Crippen LogP contribution in [-0.4, -0.2) is 24.4 Å². The lowest BCUT2D eigenvalue weighted by Crippen LogP contribution is -2.29. The van der Waals surface area contributed by atoms with Crippen molar-refractivity contribution in [2.24, 2.45) is 0 Å². The van der Waals surface area contributed by atoms with E-state index in [0.717, 1.165) is 11.1 Å². The van der Waals surface area contributed by atoms with Gasteiger partial charge < -0.3 is 15.4 Å². The molecule has 0 fully saturated rings. The van der Waals surface area contributed by atoms with Crippen LogP contribution in [0.4, 0.5) is 5.69 Å². The maximum absolute atomic E-state index is 12.1. The Bertz CT molecular complexity index is 824. The highest BCUT2D eigenvalue weighted by Gasteiger charge is 2.19. The van der Waals surface area contributed by atoms with Crippen LogP contribution in [0.5, 0.6) is 0 Å². The van der Waals surface area contributed by atoms with Crippen LogP contribution < -0.4 is 10.6 Å². The molecule has 27 heavy (non-hydrogen) atoms. The number of benzene rings is 2. The van der Waals surface area contributed by atoms with Crippen molar-refractivity contribution in [3.63, 3.8) is 0 Å². The molecule has 1 atom stereocenters. The molecule has 6 nitrogen and oxygen atoms in total. The average molecular weight is 389 g/mol. The summed E-state index contributed by atoms with van der Waals surface area (Å²) in [4.78, 5) is 35.5. The number of ether oxygens (including phenoxy) is 1. The summed E-state index contributed by atoms with van der Waals surface area (Å²) in [6.45, 7) is 2.82. The molecule has 2 aromatic rings. The summed E-state index contributed by atoms with van der Waals surface area (Å²) in [6.07, 6.45) is -0.0812. The molecule has 2 rings (SSSR count). The maximum Gasteiger partial charge on any atom is 0.308 e. The summed E-state index contributed by atoms with van der Waals surface area (Å²) in [6, 6.07) is 13.8. The first-order valence-electron chi connectivity index (χ1n) is 8.39. The van der Waals surface area contributed by atoms with Crippen molar-refractivity contribution < 1.29 is 19.1 Å². The molecule has 0 spiro atoms. The molecule has 2 N–H and O–H groups in total. The van der Waals surface area contributed by atoms with Crippen molar-refractivity contribution in [3.8, 4) is 0 Å². The van der Waals surface area contributed by atoms with Crippen LogP contribution in [-0.2, 0) is 19.1 Å². The topological polar surface area (TPSA) is 84.5 Å². The van der Waals surface area contributed by atoms with Crippen LogP contribution in [0.2, 0.25) is 5.02 Å². The normalized spacial score (nSPS) is 11.4. The van der Waals surface area contributed by atoms with Gasteiger partial charge in [0.25, 0.3) is 5.91 Å². The second-order valence-electron chi connectivity index (χ2n) is 6.06. The number of carbonyl (C=O) groups excluding carboxylic acids is 3. The van der Waals surface area contributed by atoms with Crippen molar-refractivity contribution >= 4 is 35.1 Å². The largest absolute Gasteiger partial charge is 0.455 e. The highest BCUT2D eigenvalue weighted by Crippen LogP contribution is 2.22. The predicted molar refractivity (Wildman–Crippen MR) is 103 cm³/mol. The summed E-state index contributed by atoms with van der Waals surface area (Å²) in [5, 5.41) is 5.71. The zero-order valence-corrected chi connectivity index (χ0v) is 15.9. The Kier molecular flexibility index (Phi) is 7.37. The van der Waals surface area contributed by atoms with Gasteiger partial charge in [-0.25, -0.2) is 0 Å². The van der Waals surface area contributed by atoms with Gasteiger partial charge in [-0.3, -0.25) is 14.4 Å². The van der Waals surface area contributed by atoms with Crippen LogP contribution in [0.15, 0.2) is 48.5 Å². The van der Waals surface area contributed by atoms with Gasteiger partial charge in [0.2, 0.25) is 5.91 Å². The Hall–Kier alpha value is -2.86. The van der Waals surface area contributed by atoms with E-state index in [1.807, 2.05) is 31.2 Å². The predicted octanol–water partition coefficient (Wildman–Crippen LogP) is 3.40. The van der Waals surface area contributed by atoms with Crippen molar-refractivity contribution in [1.29, 1.82) is 0 Å². The maximum atomic E-state index is 12.1. The Balaban J connectivity index is 1.89. The fourth-order valence-electron chi connectivity index (χ4n) is 2.46. The van der Waals surface area contributed by atoms with E-state index in [1.54, 1.807) is 24.3 Å². The molecule has 0 aliphatic rings. The molecule has 0 aliphatic heterocycles. The number of anilines is 1. The SMILES string of the molecule is CC(=O)N[C@@H](CC(=O)OCC(=O)Nc1ccc(C)cc1Cl)c1ccccc1. The number of hydrogen-bond donors (Lipinski definition) is 2. The number of hydrogen-bond acceptors (Lipinski definition) is 4. The van der Waals surface area contributed by atoms with Gasteiger partial charge in [0.15, 0.2) is 6.61 Å². The lowest BCUT2D eigenvalue weighted by Gasteiger charge is -2.17. The van der Waals surface area contributed by atoms with Crippen LogP contribution in [0.1, 0.15) is 30.5 Å². The number of halogens is 1. The average Bonchev–Trinajstić information content (AvgIpc) is 2.62. The van der Waals surface area contributed by atoms with Crippen LogP contribution in [0.25, 0.3) is 0 Å². The molecule has 7 heteroatoms. The fraction of sp³-hybridized carbons (Fsp3) is 0.250. The molecule has 142 valence electrons. The third-order valence-corrected chi connectivity index (χ3v) is 4.03. The number of aryl methyl sites for hydroxylation is 1. The molecule has 0 radical (unpaired) electrons. The van der Waals surface area contributed by atoms with Gasteiger partial charge in [0.05, 0.1) is 23.2 Å². The molecule has 0 bridgehead atoms. The number of carbonyl (C=O) groups is 3. The molecule has 0 unspecified atom stereocenters. The van der Waals surface area contributed by atoms with E-state index in [9.17, 15) is 14.4 Å². The summed E-state index contributed by atoms with van der Waals surface area (Å²) < 4.78 is 5.03. The third kappa shape index (κ3) is 6.75. The molecular formula is C20H21ClN2O4. The van der Waals surface area contributed by atoms with E-state index in [2.05, 4.69) is 10.6 Å². The number of nitrogens with one attached hydrogen (secondary N) is 2. The van der Waals surface area contributed by atoms with Crippen LogP contribution in [0.3, 0.4) is 0 Å². The molecule has 0 aromatic heterocycles. The minimum Gasteiger partial charge on any atom is -0.455 e. The van der Waals surface area contributed by atoms with Gasteiger partial charge in [-0.15, -0.1) is 0 Å². The molecule has 2 aromatic carbocycles. The number of amides is 2. The van der Waals surface area contributed by atoms with Crippen molar-refractivity contribution in [2.45, 2.75) is 26.3 Å². The van der Waals surface area contributed by atoms with E-state index in [4.69, 9.17) is 16.3 Å². The van der Waals surface area contributed by atoms with Gasteiger partial charge in [-0.1, -0.05) is 48.0 Å². The van der Waals surface area contributed by atoms with E-state index < -0.39 is 24.5 Å². The van der Waals surface area contributed by atoms with Crippen molar-refractivity contribution in [1.82, 2.24) is 5.32 Å². The highest BCUT2D eigenvalue weighted by molar-refractivity contribution is 6.33. The Morgan fingerprint density at radius 2 is 1.81 bits per heavy atom.